The van der Waals surface area contributed by atoms with Crippen LogP contribution in [-0.4, -0.2) is 30.1 Å². The summed E-state index contributed by atoms with van der Waals surface area (Å²) in [7, 11) is 0. The van der Waals surface area contributed by atoms with Gasteiger partial charge in [-0.15, -0.1) is 0 Å². The van der Waals surface area contributed by atoms with Crippen LogP contribution in [0.3, 0.4) is 0 Å². The molecule has 3 rings (SSSR count). The number of thiocarbonyl (C=S) groups is 1. The number of ether oxygens (including phenoxy) is 2. The summed E-state index contributed by atoms with van der Waals surface area (Å²) in [6, 6.07) is 9.03. The summed E-state index contributed by atoms with van der Waals surface area (Å²) < 4.78 is 50.4. The smallest absolute Gasteiger partial charge is 0.416 e. The highest BCUT2D eigenvalue weighted by Gasteiger charge is 2.36. The third kappa shape index (κ3) is 4.91. The highest BCUT2D eigenvalue weighted by Crippen LogP contribution is 2.33. The molecule has 1 aliphatic rings. The number of nitrogens with one attached hydrogen (secondary N) is 1. The number of benzene rings is 2. The lowest BCUT2D eigenvalue weighted by molar-refractivity contribution is -0.137. The van der Waals surface area contributed by atoms with Gasteiger partial charge in [0.1, 0.15) is 17.1 Å². The Hall–Kier alpha value is -3.40. The number of hydrogen-bond acceptors (Lipinski definition) is 5. The third-order valence-electron chi connectivity index (χ3n) is 4.43. The van der Waals surface area contributed by atoms with E-state index in [0.717, 1.165) is 23.1 Å². The number of nitrogens with zero attached hydrogens (tertiary/aromatic N) is 1. The van der Waals surface area contributed by atoms with E-state index < -0.39 is 23.6 Å². The number of halogens is 3. The predicted molar refractivity (Wildman–Crippen MR) is 116 cm³/mol. The summed E-state index contributed by atoms with van der Waals surface area (Å²) in [6.07, 6.45) is -3.30. The van der Waals surface area contributed by atoms with Crippen LogP contribution in [0.5, 0.6) is 11.5 Å². The number of alkyl halides is 3. The van der Waals surface area contributed by atoms with E-state index in [1.165, 1.54) is 12.1 Å². The molecule has 2 aromatic rings. The minimum atomic E-state index is -4.60. The Kier molecular flexibility index (Phi) is 6.83. The van der Waals surface area contributed by atoms with Crippen molar-refractivity contribution in [2.45, 2.75) is 20.0 Å². The van der Waals surface area contributed by atoms with Crippen molar-refractivity contribution in [2.75, 3.05) is 18.1 Å². The number of carbonyl (C=O) groups excluding carboxylic acids is 2. The van der Waals surface area contributed by atoms with E-state index in [1.54, 1.807) is 25.1 Å². The van der Waals surface area contributed by atoms with Crippen molar-refractivity contribution < 1.29 is 32.2 Å². The maximum atomic E-state index is 13.1. The van der Waals surface area contributed by atoms with Gasteiger partial charge in [0.2, 0.25) is 0 Å². The van der Waals surface area contributed by atoms with Crippen LogP contribution < -0.4 is 19.7 Å². The number of rotatable bonds is 6. The molecule has 2 aromatic carbocycles. The molecule has 0 aliphatic carbocycles. The lowest BCUT2D eigenvalue weighted by Gasteiger charge is -2.29. The quantitative estimate of drug-likeness (QED) is 0.392. The summed E-state index contributed by atoms with van der Waals surface area (Å²) in [4.78, 5) is 26.5. The molecule has 168 valence electrons. The van der Waals surface area contributed by atoms with Crippen molar-refractivity contribution in [2.24, 2.45) is 0 Å². The number of anilines is 1. The van der Waals surface area contributed by atoms with Crippen LogP contribution in [0.15, 0.2) is 48.0 Å². The lowest BCUT2D eigenvalue weighted by atomic mass is 10.1. The Morgan fingerprint density at radius 3 is 2.44 bits per heavy atom. The van der Waals surface area contributed by atoms with Crippen molar-refractivity contribution in [3.8, 4) is 11.5 Å². The molecule has 0 atom stereocenters. The van der Waals surface area contributed by atoms with Gasteiger partial charge >= 0.3 is 6.18 Å². The van der Waals surface area contributed by atoms with E-state index in [2.05, 4.69) is 5.32 Å². The molecular weight excluding hydrogens is 445 g/mol. The Bertz CT molecular complexity index is 1100. The van der Waals surface area contributed by atoms with E-state index in [4.69, 9.17) is 21.7 Å². The van der Waals surface area contributed by atoms with Gasteiger partial charge < -0.3 is 9.47 Å². The van der Waals surface area contributed by atoms with Gasteiger partial charge in [-0.2, -0.15) is 13.2 Å². The second-order valence-electron chi connectivity index (χ2n) is 6.57. The molecule has 0 bridgehead atoms. The number of carbonyl (C=O) groups is 2. The highest BCUT2D eigenvalue weighted by molar-refractivity contribution is 7.80. The predicted octanol–water partition coefficient (Wildman–Crippen LogP) is 4.33. The Labute approximate surface area is 187 Å². The van der Waals surface area contributed by atoms with E-state index in [9.17, 15) is 22.8 Å². The van der Waals surface area contributed by atoms with Crippen LogP contribution in [0, 0.1) is 0 Å². The van der Waals surface area contributed by atoms with Gasteiger partial charge in [-0.1, -0.05) is 6.07 Å². The van der Waals surface area contributed by atoms with E-state index in [0.29, 0.717) is 30.3 Å². The molecule has 0 spiro atoms. The average molecular weight is 464 g/mol. The zero-order chi connectivity index (χ0) is 23.5. The average Bonchev–Trinajstić information content (AvgIpc) is 2.72. The maximum Gasteiger partial charge on any atom is 0.416 e. The van der Waals surface area contributed by atoms with Crippen LogP contribution in [0.1, 0.15) is 25.0 Å². The Balaban J connectivity index is 2.03. The van der Waals surface area contributed by atoms with Crippen LogP contribution >= 0.6 is 12.2 Å². The van der Waals surface area contributed by atoms with Gasteiger partial charge in [-0.25, -0.2) is 0 Å². The first-order chi connectivity index (χ1) is 15.2. The van der Waals surface area contributed by atoms with Gasteiger partial charge in [0.25, 0.3) is 11.8 Å². The third-order valence-corrected chi connectivity index (χ3v) is 4.71. The van der Waals surface area contributed by atoms with Crippen molar-refractivity contribution in [1.82, 2.24) is 5.32 Å². The zero-order valence-corrected chi connectivity index (χ0v) is 18.0. The standard InChI is InChI=1S/C22H19F3N2O4S/c1-3-30-16-9-8-13(18(12-16)31-4-2)10-17-19(28)26-21(32)27(20(17)29)15-7-5-6-14(11-15)22(23,24)25/h5-12H,3-4H2,1-2H3,(H,26,28,32)/b17-10+. The fourth-order valence-electron chi connectivity index (χ4n) is 3.04. The van der Waals surface area contributed by atoms with Crippen LogP contribution in [-0.2, 0) is 15.8 Å². The molecule has 6 nitrogen and oxygen atoms in total. The highest BCUT2D eigenvalue weighted by atomic mass is 32.1. The van der Waals surface area contributed by atoms with E-state index in [1.807, 2.05) is 6.92 Å². The fourth-order valence-corrected chi connectivity index (χ4v) is 3.32. The van der Waals surface area contributed by atoms with Gasteiger partial charge in [-0.05, 0) is 62.5 Å². The van der Waals surface area contributed by atoms with Crippen molar-refractivity contribution in [1.29, 1.82) is 0 Å². The summed E-state index contributed by atoms with van der Waals surface area (Å²) in [5.74, 6) is -0.691. The molecule has 0 unspecified atom stereocenters. The van der Waals surface area contributed by atoms with Gasteiger partial charge in [-0.3, -0.25) is 19.8 Å². The Morgan fingerprint density at radius 2 is 1.78 bits per heavy atom. The van der Waals surface area contributed by atoms with Crippen LogP contribution in [0.4, 0.5) is 18.9 Å². The minimum Gasteiger partial charge on any atom is -0.494 e. The van der Waals surface area contributed by atoms with Crippen LogP contribution in [0.25, 0.3) is 6.08 Å². The summed E-state index contributed by atoms with van der Waals surface area (Å²) in [5, 5.41) is 2.04. The number of hydrogen-bond donors (Lipinski definition) is 1. The molecule has 1 N–H and O–H groups in total. The molecule has 1 heterocycles. The van der Waals surface area contributed by atoms with Gasteiger partial charge in [0, 0.05) is 11.6 Å². The molecule has 0 radical (unpaired) electrons. The normalized spacial score (nSPS) is 15.7. The molecule has 0 saturated carbocycles. The zero-order valence-electron chi connectivity index (χ0n) is 17.2. The fraction of sp³-hybridized carbons (Fsp3) is 0.227. The molecule has 2 amide bonds. The summed E-state index contributed by atoms with van der Waals surface area (Å²) in [5.41, 5.74) is -0.942. The monoisotopic (exact) mass is 464 g/mol. The summed E-state index contributed by atoms with van der Waals surface area (Å²) in [6.45, 7) is 4.37. The first kappa shape index (κ1) is 23.3. The second kappa shape index (κ2) is 9.39. The summed E-state index contributed by atoms with van der Waals surface area (Å²) >= 11 is 5.05. The maximum absolute atomic E-state index is 13.1. The molecule has 1 saturated heterocycles. The van der Waals surface area contributed by atoms with Gasteiger partial charge in [0.05, 0.1) is 24.5 Å². The number of amides is 2. The van der Waals surface area contributed by atoms with E-state index >= 15 is 0 Å². The topological polar surface area (TPSA) is 67.9 Å². The van der Waals surface area contributed by atoms with Crippen molar-refractivity contribution in [3.05, 3.63) is 59.2 Å². The lowest BCUT2D eigenvalue weighted by Crippen LogP contribution is -2.54. The molecule has 10 heteroatoms. The molecule has 0 aromatic heterocycles. The Morgan fingerprint density at radius 1 is 1.06 bits per heavy atom. The van der Waals surface area contributed by atoms with E-state index in [-0.39, 0.29) is 16.4 Å². The minimum absolute atomic E-state index is 0.113. The molecule has 32 heavy (non-hydrogen) atoms. The van der Waals surface area contributed by atoms with Crippen molar-refractivity contribution in [3.63, 3.8) is 0 Å². The van der Waals surface area contributed by atoms with Gasteiger partial charge in [0.15, 0.2) is 5.11 Å². The van der Waals surface area contributed by atoms with Crippen LogP contribution in [0.2, 0.25) is 0 Å². The molecule has 1 fully saturated rings. The largest absolute Gasteiger partial charge is 0.494 e. The van der Waals surface area contributed by atoms with Crippen molar-refractivity contribution >= 4 is 40.9 Å². The molecular formula is C22H19F3N2O4S. The molecule has 1 aliphatic heterocycles. The SMILES string of the molecule is CCOc1ccc(/C=C2\C(=O)NC(=S)N(c3cccc(C(F)(F)F)c3)C2=O)c(OCC)c1. The second-order valence-corrected chi connectivity index (χ2v) is 6.96. The first-order valence-electron chi connectivity index (χ1n) is 9.64. The first-order valence-corrected chi connectivity index (χ1v) is 10.0.